The van der Waals surface area contributed by atoms with Gasteiger partial charge in [-0.3, -0.25) is 4.79 Å². The molecule has 1 aliphatic rings. The molecular weight excluding hydrogens is 198 g/mol. The van der Waals surface area contributed by atoms with Crippen LogP contribution in [0, 0.1) is 5.92 Å². The van der Waals surface area contributed by atoms with Gasteiger partial charge in [-0.2, -0.15) is 0 Å². The van der Waals surface area contributed by atoms with Crippen LogP contribution in [-0.4, -0.2) is 24.4 Å². The van der Waals surface area contributed by atoms with Crippen molar-refractivity contribution in [3.8, 4) is 0 Å². The first-order chi connectivity index (χ1) is 7.04. The minimum Gasteiger partial charge on any atom is -0.436 e. The Hall–Kier alpha value is -1.26. The molecule has 1 rings (SSSR count). The van der Waals surface area contributed by atoms with Crippen molar-refractivity contribution >= 4 is 5.97 Å². The van der Waals surface area contributed by atoms with Crippen LogP contribution in [0.3, 0.4) is 0 Å². The molecule has 15 heavy (non-hydrogen) atoms. The Morgan fingerprint density at radius 2 is 2.27 bits per heavy atom. The van der Waals surface area contributed by atoms with Gasteiger partial charge < -0.3 is 9.47 Å². The summed E-state index contributed by atoms with van der Waals surface area (Å²) in [5.74, 6) is -0.255. The first-order valence-corrected chi connectivity index (χ1v) is 4.91. The Morgan fingerprint density at radius 1 is 1.60 bits per heavy atom. The fourth-order valence-corrected chi connectivity index (χ4v) is 1.62. The SMILES string of the molecule is CC(=O)OC1C[C@@H](N=[N+]=[N-])[C@@H](C)C(C)O1. The van der Waals surface area contributed by atoms with E-state index in [1.165, 1.54) is 6.92 Å². The van der Waals surface area contributed by atoms with Gasteiger partial charge in [0.15, 0.2) is 0 Å². The van der Waals surface area contributed by atoms with Crippen molar-refractivity contribution in [1.29, 1.82) is 0 Å². The first-order valence-electron chi connectivity index (χ1n) is 4.91. The average molecular weight is 213 g/mol. The number of ether oxygens (including phenoxy) is 2. The number of carbonyl (C=O) groups excluding carboxylic acids is 1. The van der Waals surface area contributed by atoms with Crippen LogP contribution in [0.25, 0.3) is 10.4 Å². The van der Waals surface area contributed by atoms with Gasteiger partial charge in [-0.1, -0.05) is 12.0 Å². The summed E-state index contributed by atoms with van der Waals surface area (Å²) in [7, 11) is 0. The van der Waals surface area contributed by atoms with E-state index in [9.17, 15) is 4.79 Å². The highest BCUT2D eigenvalue weighted by Gasteiger charge is 2.34. The average Bonchev–Trinajstić information content (AvgIpc) is 2.12. The second-order valence-electron chi connectivity index (χ2n) is 3.75. The van der Waals surface area contributed by atoms with Crippen LogP contribution < -0.4 is 0 Å². The second kappa shape index (κ2) is 5.00. The molecule has 0 bridgehead atoms. The minimum absolute atomic E-state index is 0.0846. The van der Waals surface area contributed by atoms with E-state index in [1.54, 1.807) is 0 Å². The highest BCUT2D eigenvalue weighted by atomic mass is 16.7. The molecule has 0 N–H and O–H groups in total. The van der Waals surface area contributed by atoms with Gasteiger partial charge in [-0.05, 0) is 18.4 Å². The fourth-order valence-electron chi connectivity index (χ4n) is 1.62. The fraction of sp³-hybridized carbons (Fsp3) is 0.889. The van der Waals surface area contributed by atoms with Gasteiger partial charge in [0, 0.05) is 24.3 Å². The van der Waals surface area contributed by atoms with E-state index in [1.807, 2.05) is 13.8 Å². The maximum absolute atomic E-state index is 10.8. The lowest BCUT2D eigenvalue weighted by atomic mass is 9.92. The van der Waals surface area contributed by atoms with Crippen molar-refractivity contribution in [2.24, 2.45) is 11.0 Å². The Bertz CT molecular complexity index is 288. The number of nitrogens with zero attached hydrogens (tertiary/aromatic N) is 3. The summed E-state index contributed by atoms with van der Waals surface area (Å²) < 4.78 is 10.4. The molecule has 6 heteroatoms. The molecule has 6 nitrogen and oxygen atoms in total. The van der Waals surface area contributed by atoms with Crippen molar-refractivity contribution in [3.05, 3.63) is 10.4 Å². The van der Waals surface area contributed by atoms with E-state index >= 15 is 0 Å². The lowest BCUT2D eigenvalue weighted by Gasteiger charge is -2.36. The summed E-state index contributed by atoms with van der Waals surface area (Å²) in [5.41, 5.74) is 8.40. The van der Waals surface area contributed by atoms with E-state index in [2.05, 4.69) is 10.0 Å². The monoisotopic (exact) mass is 213 g/mol. The van der Waals surface area contributed by atoms with Crippen LogP contribution in [0.1, 0.15) is 27.2 Å². The third kappa shape index (κ3) is 3.11. The molecule has 0 saturated carbocycles. The molecule has 1 heterocycles. The van der Waals surface area contributed by atoms with Crippen molar-refractivity contribution in [1.82, 2.24) is 0 Å². The van der Waals surface area contributed by atoms with Gasteiger partial charge in [-0.25, -0.2) is 0 Å². The Morgan fingerprint density at radius 3 is 2.80 bits per heavy atom. The standard InChI is InChI=1S/C9H15N3O3/c1-5-6(2)14-9(15-7(3)13)4-8(5)11-12-10/h5-6,8-9H,4H2,1-3H3/t5-,6?,8+,9?/m0/s1. The van der Waals surface area contributed by atoms with Gasteiger partial charge in [0.1, 0.15) is 0 Å². The van der Waals surface area contributed by atoms with Crippen LogP contribution in [0.15, 0.2) is 5.11 Å². The van der Waals surface area contributed by atoms with Crippen LogP contribution in [-0.2, 0) is 14.3 Å². The number of hydrogen-bond donors (Lipinski definition) is 0. The summed E-state index contributed by atoms with van der Waals surface area (Å²) in [6.45, 7) is 5.16. The summed E-state index contributed by atoms with van der Waals surface area (Å²) in [4.78, 5) is 13.5. The molecule has 0 aromatic carbocycles. The van der Waals surface area contributed by atoms with Crippen molar-refractivity contribution in [2.75, 3.05) is 0 Å². The van der Waals surface area contributed by atoms with Crippen molar-refractivity contribution < 1.29 is 14.3 Å². The van der Waals surface area contributed by atoms with E-state index in [4.69, 9.17) is 15.0 Å². The van der Waals surface area contributed by atoms with Gasteiger partial charge in [-0.15, -0.1) is 0 Å². The summed E-state index contributed by atoms with van der Waals surface area (Å²) in [6.07, 6.45) is -0.252. The normalized spacial score (nSPS) is 35.4. The molecule has 1 saturated heterocycles. The summed E-state index contributed by atoms with van der Waals surface area (Å²) in [5, 5.41) is 3.68. The Labute approximate surface area is 88.2 Å². The van der Waals surface area contributed by atoms with Crippen molar-refractivity contribution in [2.45, 2.75) is 45.6 Å². The number of carbonyl (C=O) groups is 1. The zero-order chi connectivity index (χ0) is 11.4. The summed E-state index contributed by atoms with van der Waals surface area (Å²) >= 11 is 0. The molecule has 4 atom stereocenters. The quantitative estimate of drug-likeness (QED) is 0.304. The number of rotatable bonds is 2. The third-order valence-electron chi connectivity index (χ3n) is 2.65. The molecule has 1 aliphatic heterocycles. The van der Waals surface area contributed by atoms with Crippen LogP contribution >= 0.6 is 0 Å². The third-order valence-corrected chi connectivity index (χ3v) is 2.65. The molecule has 0 aromatic rings. The second-order valence-corrected chi connectivity index (χ2v) is 3.75. The van der Waals surface area contributed by atoms with Crippen LogP contribution in [0.4, 0.5) is 0 Å². The van der Waals surface area contributed by atoms with Gasteiger partial charge >= 0.3 is 5.97 Å². The van der Waals surface area contributed by atoms with Gasteiger partial charge in [0.2, 0.25) is 6.29 Å². The van der Waals surface area contributed by atoms with Crippen LogP contribution in [0.5, 0.6) is 0 Å². The Kier molecular flexibility index (Phi) is 3.94. The van der Waals surface area contributed by atoms with Crippen LogP contribution in [0.2, 0.25) is 0 Å². The molecule has 0 spiro atoms. The molecule has 0 amide bonds. The van der Waals surface area contributed by atoms with Crippen molar-refractivity contribution in [3.63, 3.8) is 0 Å². The number of azide groups is 1. The highest BCUT2D eigenvalue weighted by Crippen LogP contribution is 2.28. The largest absolute Gasteiger partial charge is 0.436 e. The minimum atomic E-state index is -0.593. The molecule has 2 unspecified atom stereocenters. The van der Waals surface area contributed by atoms with E-state index < -0.39 is 6.29 Å². The lowest BCUT2D eigenvalue weighted by Crippen LogP contribution is -2.42. The zero-order valence-electron chi connectivity index (χ0n) is 9.08. The van der Waals surface area contributed by atoms with Gasteiger partial charge in [0.25, 0.3) is 0 Å². The Balaban J connectivity index is 2.65. The zero-order valence-corrected chi connectivity index (χ0v) is 9.08. The molecule has 0 aliphatic carbocycles. The predicted octanol–water partition coefficient (Wildman–Crippen LogP) is 2.00. The maximum Gasteiger partial charge on any atom is 0.304 e. The highest BCUT2D eigenvalue weighted by molar-refractivity contribution is 5.66. The van der Waals surface area contributed by atoms with E-state index in [0.29, 0.717) is 6.42 Å². The molecular formula is C9H15N3O3. The summed E-state index contributed by atoms with van der Waals surface area (Å²) in [6, 6.07) is -0.178. The van der Waals surface area contributed by atoms with E-state index in [-0.39, 0.29) is 24.0 Å². The van der Waals surface area contributed by atoms with E-state index in [0.717, 1.165) is 0 Å². The molecule has 1 fully saturated rings. The topological polar surface area (TPSA) is 84.3 Å². The molecule has 84 valence electrons. The molecule has 0 aromatic heterocycles. The smallest absolute Gasteiger partial charge is 0.304 e. The number of hydrogen-bond acceptors (Lipinski definition) is 4. The lowest BCUT2D eigenvalue weighted by molar-refractivity contribution is -0.209. The molecule has 0 radical (unpaired) electrons. The maximum atomic E-state index is 10.8. The van der Waals surface area contributed by atoms with Gasteiger partial charge in [0.05, 0.1) is 6.10 Å². The predicted molar refractivity (Wildman–Crippen MR) is 52.8 cm³/mol. The first kappa shape index (κ1) is 11.8. The number of esters is 1.